The second-order valence-electron chi connectivity index (χ2n) is 6.71. The molecule has 0 bridgehead atoms. The van der Waals surface area contributed by atoms with Crippen LogP contribution < -0.4 is 0 Å². The van der Waals surface area contributed by atoms with Gasteiger partial charge in [-0.25, -0.2) is 21.5 Å². The summed E-state index contributed by atoms with van der Waals surface area (Å²) in [6, 6.07) is 6.15. The van der Waals surface area contributed by atoms with Gasteiger partial charge in [-0.2, -0.15) is 0 Å². The van der Waals surface area contributed by atoms with Crippen LogP contribution in [0.4, 0.5) is 8.78 Å². The first-order chi connectivity index (χ1) is 13.2. The largest absolute Gasteiger partial charge is 0.447 e. The highest BCUT2D eigenvalue weighted by Gasteiger charge is 2.25. The van der Waals surface area contributed by atoms with Crippen molar-refractivity contribution < 1.29 is 26.4 Å². The lowest BCUT2D eigenvalue weighted by Crippen LogP contribution is -2.48. The van der Waals surface area contributed by atoms with E-state index >= 15 is 0 Å². The summed E-state index contributed by atoms with van der Waals surface area (Å²) in [5.74, 6) is -1.88. The van der Waals surface area contributed by atoms with Crippen LogP contribution in [-0.2, 0) is 16.6 Å². The number of benzene rings is 1. The van der Waals surface area contributed by atoms with E-state index in [2.05, 4.69) is 0 Å². The average Bonchev–Trinajstić information content (AvgIpc) is 3.13. The molecule has 10 heteroatoms. The van der Waals surface area contributed by atoms with Gasteiger partial charge in [-0.1, -0.05) is 0 Å². The molecule has 0 unspecified atom stereocenters. The van der Waals surface area contributed by atoms with Crippen LogP contribution in [0.15, 0.2) is 39.8 Å². The monoisotopic (exact) mass is 413 g/mol. The summed E-state index contributed by atoms with van der Waals surface area (Å²) in [5.41, 5.74) is 0.108. The average molecular weight is 413 g/mol. The van der Waals surface area contributed by atoms with Crippen molar-refractivity contribution >= 4 is 15.9 Å². The van der Waals surface area contributed by atoms with E-state index in [1.807, 2.05) is 4.90 Å². The highest BCUT2D eigenvalue weighted by molar-refractivity contribution is 7.88. The smallest absolute Gasteiger partial charge is 0.275 e. The fraction of sp³-hybridized carbons (Fsp3) is 0.389. The third-order valence-corrected chi connectivity index (χ3v) is 6.27. The lowest BCUT2D eigenvalue weighted by molar-refractivity contribution is 0.0618. The summed E-state index contributed by atoms with van der Waals surface area (Å²) in [7, 11) is -0.754. The molecule has 1 aliphatic rings. The van der Waals surface area contributed by atoms with E-state index in [4.69, 9.17) is 4.42 Å². The molecule has 0 spiro atoms. The molecule has 0 saturated carbocycles. The zero-order chi connectivity index (χ0) is 20.5. The van der Waals surface area contributed by atoms with E-state index in [0.29, 0.717) is 38.5 Å². The van der Waals surface area contributed by atoms with Crippen molar-refractivity contribution in [3.8, 4) is 0 Å². The van der Waals surface area contributed by atoms with Crippen molar-refractivity contribution in [2.75, 3.05) is 40.3 Å². The van der Waals surface area contributed by atoms with Crippen molar-refractivity contribution in [1.29, 1.82) is 0 Å². The molecule has 7 nitrogen and oxygen atoms in total. The number of nitrogens with zero attached hydrogens (tertiary/aromatic N) is 3. The molecule has 1 aliphatic heterocycles. The van der Waals surface area contributed by atoms with Crippen molar-refractivity contribution in [3.05, 3.63) is 53.3 Å². The van der Waals surface area contributed by atoms with Gasteiger partial charge in [-0.3, -0.25) is 9.69 Å². The number of carbonyl (C=O) groups is 1. The predicted molar refractivity (Wildman–Crippen MR) is 97.1 cm³/mol. The van der Waals surface area contributed by atoms with Crippen LogP contribution in [0, 0.1) is 11.6 Å². The van der Waals surface area contributed by atoms with Crippen LogP contribution in [0.25, 0.3) is 0 Å². The molecule has 28 heavy (non-hydrogen) atoms. The quantitative estimate of drug-likeness (QED) is 0.747. The first kappa shape index (κ1) is 20.4. The molecule has 1 aromatic carbocycles. The van der Waals surface area contributed by atoms with Gasteiger partial charge in [0.25, 0.3) is 15.9 Å². The Bertz CT molecular complexity index is 967. The topological polar surface area (TPSA) is 74.1 Å². The fourth-order valence-corrected chi connectivity index (χ4v) is 3.72. The van der Waals surface area contributed by atoms with Crippen molar-refractivity contribution in [2.24, 2.45) is 0 Å². The van der Waals surface area contributed by atoms with Gasteiger partial charge in [0.2, 0.25) is 5.09 Å². The second kappa shape index (κ2) is 7.98. The molecule has 152 valence electrons. The molecule has 1 fully saturated rings. The number of rotatable bonds is 5. The zero-order valence-corrected chi connectivity index (χ0v) is 16.4. The SMILES string of the molecule is CN(C)S(=O)(=O)c1ccc(CN2CCN(C(=O)c3ccc(F)c(F)c3)CC2)o1. The number of furan rings is 1. The molecule has 1 saturated heterocycles. The van der Waals surface area contributed by atoms with E-state index in [9.17, 15) is 22.0 Å². The first-order valence-corrected chi connectivity index (χ1v) is 10.1. The second-order valence-corrected chi connectivity index (χ2v) is 8.79. The Balaban J connectivity index is 1.58. The molecule has 1 aromatic heterocycles. The Morgan fingerprint density at radius 2 is 1.75 bits per heavy atom. The van der Waals surface area contributed by atoms with Crippen LogP contribution in [0.1, 0.15) is 16.1 Å². The van der Waals surface area contributed by atoms with E-state index in [0.717, 1.165) is 16.4 Å². The Labute approximate surface area is 162 Å². The Kier molecular flexibility index (Phi) is 5.82. The lowest BCUT2D eigenvalue weighted by atomic mass is 10.1. The number of amides is 1. The van der Waals surface area contributed by atoms with Gasteiger partial charge in [-0.15, -0.1) is 0 Å². The van der Waals surface area contributed by atoms with E-state index < -0.39 is 21.7 Å². The maximum absolute atomic E-state index is 13.3. The summed E-state index contributed by atoms with van der Waals surface area (Å²) in [6.07, 6.45) is 0. The van der Waals surface area contributed by atoms with Gasteiger partial charge >= 0.3 is 0 Å². The molecule has 0 atom stereocenters. The van der Waals surface area contributed by atoms with Crippen molar-refractivity contribution in [3.63, 3.8) is 0 Å². The standard InChI is InChI=1S/C18H21F2N3O4S/c1-21(2)28(25,26)17-6-4-14(27-17)12-22-7-9-23(10-8-22)18(24)13-3-5-15(19)16(20)11-13/h3-6,11H,7-10,12H2,1-2H3. The lowest BCUT2D eigenvalue weighted by Gasteiger charge is -2.34. The van der Waals surface area contributed by atoms with Crippen LogP contribution in [0.3, 0.4) is 0 Å². The molecule has 0 radical (unpaired) electrons. The van der Waals surface area contributed by atoms with Crippen LogP contribution in [-0.4, -0.2) is 68.7 Å². The van der Waals surface area contributed by atoms with Crippen LogP contribution >= 0.6 is 0 Å². The maximum Gasteiger partial charge on any atom is 0.275 e. The molecule has 2 aromatic rings. The zero-order valence-electron chi connectivity index (χ0n) is 15.6. The summed E-state index contributed by atoms with van der Waals surface area (Å²) >= 11 is 0. The number of hydrogen-bond acceptors (Lipinski definition) is 5. The molecule has 1 amide bonds. The third-order valence-electron chi connectivity index (χ3n) is 4.58. The number of piperazine rings is 1. The summed E-state index contributed by atoms with van der Waals surface area (Å²) in [5, 5.41) is -0.111. The highest BCUT2D eigenvalue weighted by atomic mass is 32.2. The molecule has 2 heterocycles. The number of sulfonamides is 1. The van der Waals surface area contributed by atoms with Gasteiger partial charge in [0.1, 0.15) is 5.76 Å². The van der Waals surface area contributed by atoms with E-state index in [1.54, 1.807) is 11.0 Å². The van der Waals surface area contributed by atoms with E-state index in [1.165, 1.54) is 26.2 Å². The minimum atomic E-state index is -3.62. The molecule has 0 aliphatic carbocycles. The van der Waals surface area contributed by atoms with Gasteiger partial charge in [0.15, 0.2) is 11.6 Å². The Morgan fingerprint density at radius 3 is 2.36 bits per heavy atom. The van der Waals surface area contributed by atoms with Gasteiger partial charge in [0.05, 0.1) is 6.54 Å². The van der Waals surface area contributed by atoms with Gasteiger partial charge in [0, 0.05) is 45.8 Å². The van der Waals surface area contributed by atoms with E-state index in [-0.39, 0.29) is 16.6 Å². The molecular weight excluding hydrogens is 392 g/mol. The third kappa shape index (κ3) is 4.23. The summed E-state index contributed by atoms with van der Waals surface area (Å²) < 4.78 is 57.0. The molecule has 0 N–H and O–H groups in total. The highest BCUT2D eigenvalue weighted by Crippen LogP contribution is 2.19. The minimum Gasteiger partial charge on any atom is -0.447 e. The minimum absolute atomic E-state index is 0.108. The van der Waals surface area contributed by atoms with Gasteiger partial charge in [-0.05, 0) is 30.3 Å². The first-order valence-electron chi connectivity index (χ1n) is 8.66. The van der Waals surface area contributed by atoms with Crippen LogP contribution in [0.2, 0.25) is 0 Å². The number of carbonyl (C=O) groups excluding carboxylic acids is 1. The Hall–Kier alpha value is -2.30. The molecule has 3 rings (SSSR count). The molecular formula is C18H21F2N3O4S. The maximum atomic E-state index is 13.3. The Morgan fingerprint density at radius 1 is 1.07 bits per heavy atom. The van der Waals surface area contributed by atoms with Crippen LogP contribution in [0.5, 0.6) is 0 Å². The fourth-order valence-electron chi connectivity index (χ4n) is 2.90. The predicted octanol–water partition coefficient (Wildman–Crippen LogP) is 1.77. The number of hydrogen-bond donors (Lipinski definition) is 0. The summed E-state index contributed by atoms with van der Waals surface area (Å²) in [4.78, 5) is 16.0. The van der Waals surface area contributed by atoms with Crippen molar-refractivity contribution in [1.82, 2.24) is 14.1 Å². The number of halogens is 2. The normalized spacial score (nSPS) is 16.0. The van der Waals surface area contributed by atoms with Gasteiger partial charge < -0.3 is 9.32 Å². The van der Waals surface area contributed by atoms with Crippen molar-refractivity contribution in [2.45, 2.75) is 11.6 Å². The summed E-state index contributed by atoms with van der Waals surface area (Å²) in [6.45, 7) is 2.34.